The van der Waals surface area contributed by atoms with Crippen LogP contribution in [-0.2, 0) is 11.3 Å². The van der Waals surface area contributed by atoms with Crippen LogP contribution >= 0.6 is 11.8 Å². The smallest absolute Gasteiger partial charge is 0.360 e. The first-order valence-corrected chi connectivity index (χ1v) is 8.80. The summed E-state index contributed by atoms with van der Waals surface area (Å²) in [7, 11) is 0. The van der Waals surface area contributed by atoms with Gasteiger partial charge in [0.05, 0.1) is 6.61 Å². The number of nitrogens with zero attached hydrogens (tertiary/aromatic N) is 2. The second-order valence-corrected chi connectivity index (χ2v) is 6.92. The average Bonchev–Trinajstić information content (AvgIpc) is 2.76. The van der Waals surface area contributed by atoms with Gasteiger partial charge in [0.1, 0.15) is 11.6 Å². The van der Waals surface area contributed by atoms with Gasteiger partial charge in [0.15, 0.2) is 5.69 Å². The van der Waals surface area contributed by atoms with E-state index in [1.807, 2.05) is 23.3 Å². The zero-order valence-electron chi connectivity index (χ0n) is 13.1. The Balaban J connectivity index is 2.25. The lowest BCUT2D eigenvalue weighted by Gasteiger charge is -2.36. The number of nitrogen functional groups attached to an aromatic ring is 1. The summed E-state index contributed by atoms with van der Waals surface area (Å²) in [6.45, 7) is 4.83. The second-order valence-electron chi connectivity index (χ2n) is 5.65. The number of carbonyl (C=O) groups is 1. The lowest BCUT2D eigenvalue weighted by Crippen LogP contribution is -2.33. The Labute approximate surface area is 130 Å². The predicted octanol–water partition coefficient (Wildman–Crippen LogP) is 3.02. The van der Waals surface area contributed by atoms with Crippen molar-refractivity contribution >= 4 is 23.5 Å². The molecule has 1 fully saturated rings. The normalized spacial score (nSPS) is 17.7. The molecule has 2 N–H and O–H groups in total. The van der Waals surface area contributed by atoms with Crippen molar-refractivity contribution in [3.05, 3.63) is 11.5 Å². The van der Waals surface area contributed by atoms with E-state index in [0.29, 0.717) is 12.4 Å². The van der Waals surface area contributed by atoms with E-state index in [0.717, 1.165) is 12.4 Å². The molecule has 118 valence electrons. The molecular formula is C15H25N3O2S. The molecule has 1 aliphatic carbocycles. The van der Waals surface area contributed by atoms with Crippen molar-refractivity contribution in [3.8, 4) is 0 Å². The first-order valence-electron chi connectivity index (χ1n) is 7.58. The topological polar surface area (TPSA) is 70.1 Å². The molecule has 1 heterocycles. The van der Waals surface area contributed by atoms with Crippen molar-refractivity contribution < 1.29 is 9.53 Å². The first-order chi connectivity index (χ1) is 10.0. The number of hydrogen-bond acceptors (Lipinski definition) is 5. The number of nitrogens with two attached hydrogens (primary N) is 1. The molecule has 5 nitrogen and oxygen atoms in total. The van der Waals surface area contributed by atoms with E-state index in [1.165, 1.54) is 32.1 Å². The largest absolute Gasteiger partial charge is 0.461 e. The minimum Gasteiger partial charge on any atom is -0.461 e. The number of rotatable bonds is 5. The summed E-state index contributed by atoms with van der Waals surface area (Å²) < 4.78 is 7.21. The van der Waals surface area contributed by atoms with Gasteiger partial charge in [-0.05, 0) is 32.9 Å². The summed E-state index contributed by atoms with van der Waals surface area (Å²) in [6, 6.07) is 0. The standard InChI is InChI=1S/C15H25N3O2S/c1-4-20-14(19)12-13(16)18(11(2)17-12)10-15(21-3)8-6-5-7-9-15/h4-10,16H2,1-3H3. The molecule has 0 saturated heterocycles. The molecule has 2 rings (SSSR count). The molecule has 1 aliphatic rings. The first kappa shape index (κ1) is 16.2. The zero-order chi connectivity index (χ0) is 15.5. The Hall–Kier alpha value is -1.17. The minimum absolute atomic E-state index is 0.212. The van der Waals surface area contributed by atoms with Crippen molar-refractivity contribution in [2.24, 2.45) is 0 Å². The van der Waals surface area contributed by atoms with Gasteiger partial charge >= 0.3 is 5.97 Å². The van der Waals surface area contributed by atoms with Crippen LogP contribution in [0.4, 0.5) is 5.82 Å². The van der Waals surface area contributed by atoms with Crippen molar-refractivity contribution in [2.75, 3.05) is 18.6 Å². The number of imidazole rings is 1. The lowest BCUT2D eigenvalue weighted by molar-refractivity contribution is 0.0521. The summed E-state index contributed by atoms with van der Waals surface area (Å²) in [4.78, 5) is 16.2. The van der Waals surface area contributed by atoms with Crippen LogP contribution in [0.5, 0.6) is 0 Å². The summed E-state index contributed by atoms with van der Waals surface area (Å²) in [6.07, 6.45) is 8.40. The molecule has 0 spiro atoms. The average molecular weight is 311 g/mol. The fourth-order valence-electron chi connectivity index (χ4n) is 3.04. The van der Waals surface area contributed by atoms with Crippen molar-refractivity contribution in [1.82, 2.24) is 9.55 Å². The number of esters is 1. The van der Waals surface area contributed by atoms with E-state index in [9.17, 15) is 4.79 Å². The highest BCUT2D eigenvalue weighted by Crippen LogP contribution is 2.40. The molecule has 0 radical (unpaired) electrons. The molecule has 6 heteroatoms. The fourth-order valence-corrected chi connectivity index (χ4v) is 4.00. The van der Waals surface area contributed by atoms with E-state index >= 15 is 0 Å². The number of ether oxygens (including phenoxy) is 1. The highest BCUT2D eigenvalue weighted by Gasteiger charge is 2.33. The summed E-state index contributed by atoms with van der Waals surface area (Å²) in [5.74, 6) is 0.790. The van der Waals surface area contributed by atoms with Crippen molar-refractivity contribution in [1.29, 1.82) is 0 Å². The zero-order valence-corrected chi connectivity index (χ0v) is 14.0. The second kappa shape index (κ2) is 6.73. The van der Waals surface area contributed by atoms with E-state index in [-0.39, 0.29) is 10.4 Å². The molecular weight excluding hydrogens is 286 g/mol. The van der Waals surface area contributed by atoms with Gasteiger partial charge in [-0.25, -0.2) is 9.78 Å². The maximum Gasteiger partial charge on any atom is 0.360 e. The van der Waals surface area contributed by atoms with Gasteiger partial charge in [0.25, 0.3) is 0 Å². The van der Waals surface area contributed by atoms with Crippen LogP contribution in [0.25, 0.3) is 0 Å². The summed E-state index contributed by atoms with van der Waals surface area (Å²) >= 11 is 1.91. The van der Waals surface area contributed by atoms with Crippen LogP contribution in [0.1, 0.15) is 55.3 Å². The van der Waals surface area contributed by atoms with Crippen molar-refractivity contribution in [2.45, 2.75) is 57.2 Å². The van der Waals surface area contributed by atoms with Crippen LogP contribution in [0, 0.1) is 6.92 Å². The number of anilines is 1. The minimum atomic E-state index is -0.432. The third-order valence-corrected chi connectivity index (χ3v) is 5.71. The summed E-state index contributed by atoms with van der Waals surface area (Å²) in [5, 5.41) is 0. The van der Waals surface area contributed by atoms with E-state index in [2.05, 4.69) is 11.2 Å². The third-order valence-electron chi connectivity index (χ3n) is 4.31. The van der Waals surface area contributed by atoms with Gasteiger partial charge in [0.2, 0.25) is 0 Å². The van der Waals surface area contributed by atoms with Crippen LogP contribution in [0.15, 0.2) is 0 Å². The van der Waals surface area contributed by atoms with E-state index in [4.69, 9.17) is 10.5 Å². The van der Waals surface area contributed by atoms with Crippen LogP contribution < -0.4 is 5.73 Å². The Morgan fingerprint density at radius 3 is 2.67 bits per heavy atom. The van der Waals surface area contributed by atoms with Gasteiger partial charge in [-0.15, -0.1) is 0 Å². The lowest BCUT2D eigenvalue weighted by atomic mass is 9.88. The molecule has 1 aromatic heterocycles. The number of hydrogen-bond donors (Lipinski definition) is 1. The molecule has 1 saturated carbocycles. The number of aromatic nitrogens is 2. The molecule has 0 aromatic carbocycles. The van der Waals surface area contributed by atoms with E-state index in [1.54, 1.807) is 6.92 Å². The SMILES string of the molecule is CCOC(=O)c1nc(C)n(CC2(SC)CCCCC2)c1N. The van der Waals surface area contributed by atoms with Gasteiger partial charge in [-0.2, -0.15) is 11.8 Å². The van der Waals surface area contributed by atoms with Crippen LogP contribution in [0.2, 0.25) is 0 Å². The maximum absolute atomic E-state index is 11.9. The van der Waals surface area contributed by atoms with Crippen LogP contribution in [-0.4, -0.2) is 33.1 Å². The summed E-state index contributed by atoms with van der Waals surface area (Å²) in [5.41, 5.74) is 6.41. The van der Waals surface area contributed by atoms with Gasteiger partial charge in [0, 0.05) is 11.3 Å². The quantitative estimate of drug-likeness (QED) is 0.846. The molecule has 0 atom stereocenters. The number of aryl methyl sites for hydroxylation is 1. The Bertz CT molecular complexity index is 507. The van der Waals surface area contributed by atoms with Crippen molar-refractivity contribution in [3.63, 3.8) is 0 Å². The van der Waals surface area contributed by atoms with Gasteiger partial charge in [-0.1, -0.05) is 19.3 Å². The highest BCUT2D eigenvalue weighted by atomic mass is 32.2. The van der Waals surface area contributed by atoms with E-state index < -0.39 is 5.97 Å². The number of thioether (sulfide) groups is 1. The molecule has 1 aromatic rings. The Morgan fingerprint density at radius 1 is 1.43 bits per heavy atom. The predicted molar refractivity (Wildman–Crippen MR) is 86.7 cm³/mol. The Kier molecular flexibility index (Phi) is 5.19. The Morgan fingerprint density at radius 2 is 2.10 bits per heavy atom. The maximum atomic E-state index is 11.9. The highest BCUT2D eigenvalue weighted by molar-refractivity contribution is 8.00. The van der Waals surface area contributed by atoms with Crippen LogP contribution in [0.3, 0.4) is 0 Å². The molecule has 0 aliphatic heterocycles. The molecule has 0 unspecified atom stereocenters. The molecule has 21 heavy (non-hydrogen) atoms. The molecule has 0 bridgehead atoms. The molecule has 0 amide bonds. The van der Waals surface area contributed by atoms with Gasteiger partial charge < -0.3 is 15.0 Å². The fraction of sp³-hybridized carbons (Fsp3) is 0.733. The monoisotopic (exact) mass is 311 g/mol. The number of carbonyl (C=O) groups excluding carboxylic acids is 1. The van der Waals surface area contributed by atoms with Gasteiger partial charge in [-0.3, -0.25) is 0 Å². The third kappa shape index (κ3) is 3.36.